The Morgan fingerprint density at radius 2 is 1.89 bits per heavy atom. The lowest BCUT2D eigenvalue weighted by molar-refractivity contribution is 0.186. The van der Waals surface area contributed by atoms with Gasteiger partial charge in [-0.2, -0.15) is 0 Å². The molecule has 3 N–H and O–H groups in total. The molecule has 0 bridgehead atoms. The van der Waals surface area contributed by atoms with E-state index >= 15 is 0 Å². The summed E-state index contributed by atoms with van der Waals surface area (Å²) in [5.74, 6) is 0. The van der Waals surface area contributed by atoms with Crippen LogP contribution >= 0.6 is 36.4 Å². The van der Waals surface area contributed by atoms with Crippen molar-refractivity contribution in [2.75, 3.05) is 31.9 Å². The Morgan fingerprint density at radius 1 is 1.28 bits per heavy atom. The Morgan fingerprint density at radius 3 is 2.50 bits per heavy atom. The number of nitrogen functional groups attached to an aromatic ring is 1. The molecule has 2 rings (SSSR count). The first kappa shape index (κ1) is 17.8. The van der Waals surface area contributed by atoms with Crippen molar-refractivity contribution < 1.29 is 0 Å². The summed E-state index contributed by atoms with van der Waals surface area (Å²) in [6.07, 6.45) is 0. The van der Waals surface area contributed by atoms with Crippen molar-refractivity contribution in [3.05, 3.63) is 28.8 Å². The van der Waals surface area contributed by atoms with Crippen LogP contribution in [0.1, 0.15) is 18.5 Å². The Bertz CT molecular complexity index is 368. The Labute approximate surface area is 126 Å². The lowest BCUT2D eigenvalue weighted by Crippen LogP contribution is -2.44. The van der Waals surface area contributed by atoms with E-state index in [-0.39, 0.29) is 24.8 Å². The highest BCUT2D eigenvalue weighted by atomic mass is 35.5. The molecule has 1 aliphatic rings. The third-order valence-corrected chi connectivity index (χ3v) is 3.43. The number of hydrogen-bond donors (Lipinski definition) is 2. The predicted molar refractivity (Wildman–Crippen MR) is 83.2 cm³/mol. The number of benzene rings is 1. The quantitative estimate of drug-likeness (QED) is 0.825. The fourth-order valence-corrected chi connectivity index (χ4v) is 2.35. The zero-order valence-corrected chi connectivity index (χ0v) is 12.7. The molecule has 0 aliphatic carbocycles. The molecule has 0 aromatic heterocycles. The van der Waals surface area contributed by atoms with Gasteiger partial charge in [-0.05, 0) is 30.7 Å². The average molecular weight is 313 g/mol. The second-order valence-electron chi connectivity index (χ2n) is 4.24. The summed E-state index contributed by atoms with van der Waals surface area (Å²) >= 11 is 6.01. The molecule has 6 heteroatoms. The first-order valence-corrected chi connectivity index (χ1v) is 6.06. The molecule has 0 spiro atoms. The van der Waals surface area contributed by atoms with Crippen molar-refractivity contribution in [3.8, 4) is 0 Å². The van der Waals surface area contributed by atoms with E-state index in [0.717, 1.165) is 42.5 Å². The summed E-state index contributed by atoms with van der Waals surface area (Å²) in [6, 6.07) is 6.03. The first-order chi connectivity index (χ1) is 7.68. The van der Waals surface area contributed by atoms with Crippen molar-refractivity contribution in [2.24, 2.45) is 0 Å². The van der Waals surface area contributed by atoms with Crippen LogP contribution in [0.15, 0.2) is 18.2 Å². The molecule has 1 atom stereocenters. The molecule has 1 aromatic carbocycles. The number of piperazine rings is 1. The third-order valence-electron chi connectivity index (χ3n) is 3.20. The van der Waals surface area contributed by atoms with Crippen LogP contribution in [0.4, 0.5) is 5.69 Å². The van der Waals surface area contributed by atoms with Gasteiger partial charge in [0.15, 0.2) is 0 Å². The van der Waals surface area contributed by atoms with Crippen LogP contribution in [0.25, 0.3) is 0 Å². The smallest absolute Gasteiger partial charge is 0.0410 e. The van der Waals surface area contributed by atoms with E-state index in [1.165, 1.54) is 0 Å². The van der Waals surface area contributed by atoms with Gasteiger partial charge >= 0.3 is 0 Å². The minimum absolute atomic E-state index is 0. The molecule has 0 unspecified atom stereocenters. The maximum atomic E-state index is 6.01. The van der Waals surface area contributed by atoms with Crippen molar-refractivity contribution in [1.29, 1.82) is 0 Å². The lowest BCUT2D eigenvalue weighted by atomic mass is 10.0. The fraction of sp³-hybridized carbons (Fsp3) is 0.500. The van der Waals surface area contributed by atoms with E-state index < -0.39 is 0 Å². The van der Waals surface area contributed by atoms with Crippen LogP contribution in [0.2, 0.25) is 5.02 Å². The molecular weight excluding hydrogens is 293 g/mol. The number of rotatable bonds is 2. The van der Waals surface area contributed by atoms with E-state index in [1.54, 1.807) is 0 Å². The summed E-state index contributed by atoms with van der Waals surface area (Å²) in [6.45, 7) is 6.41. The molecule has 1 aromatic rings. The largest absolute Gasteiger partial charge is 0.398 e. The molecule has 1 fully saturated rings. The third kappa shape index (κ3) is 4.18. The van der Waals surface area contributed by atoms with Crippen molar-refractivity contribution in [2.45, 2.75) is 13.0 Å². The van der Waals surface area contributed by atoms with E-state index in [2.05, 4.69) is 17.1 Å². The maximum absolute atomic E-state index is 6.01. The van der Waals surface area contributed by atoms with Crippen LogP contribution in [-0.4, -0.2) is 31.1 Å². The van der Waals surface area contributed by atoms with Crippen molar-refractivity contribution in [1.82, 2.24) is 10.2 Å². The highest BCUT2D eigenvalue weighted by Crippen LogP contribution is 2.28. The maximum Gasteiger partial charge on any atom is 0.0410 e. The second-order valence-corrected chi connectivity index (χ2v) is 4.67. The van der Waals surface area contributed by atoms with Gasteiger partial charge in [-0.1, -0.05) is 11.6 Å². The van der Waals surface area contributed by atoms with Crippen LogP contribution in [-0.2, 0) is 0 Å². The SMILES string of the molecule is C[C@H](c1cc(Cl)ccc1N)N1CCNCC1.Cl.Cl. The molecule has 0 amide bonds. The summed E-state index contributed by atoms with van der Waals surface area (Å²) < 4.78 is 0. The molecule has 1 saturated heterocycles. The highest BCUT2D eigenvalue weighted by molar-refractivity contribution is 6.30. The number of nitrogens with two attached hydrogens (primary N) is 1. The van der Waals surface area contributed by atoms with Gasteiger partial charge in [0.05, 0.1) is 0 Å². The van der Waals surface area contributed by atoms with Crippen LogP contribution in [0.5, 0.6) is 0 Å². The minimum Gasteiger partial charge on any atom is -0.398 e. The Kier molecular flexibility index (Phi) is 7.99. The molecule has 1 aliphatic heterocycles. The number of hydrogen-bond acceptors (Lipinski definition) is 3. The average Bonchev–Trinajstić information content (AvgIpc) is 2.32. The molecular formula is C12H20Cl3N3. The number of nitrogens with one attached hydrogen (secondary N) is 1. The summed E-state index contributed by atoms with van der Waals surface area (Å²) in [4.78, 5) is 2.43. The van der Waals surface area contributed by atoms with E-state index in [4.69, 9.17) is 17.3 Å². The van der Waals surface area contributed by atoms with Crippen molar-refractivity contribution in [3.63, 3.8) is 0 Å². The van der Waals surface area contributed by atoms with Gasteiger partial charge < -0.3 is 11.1 Å². The number of nitrogens with zero attached hydrogens (tertiary/aromatic N) is 1. The molecule has 18 heavy (non-hydrogen) atoms. The van der Waals surface area contributed by atoms with Gasteiger partial charge in [0, 0.05) is 42.9 Å². The summed E-state index contributed by atoms with van der Waals surface area (Å²) in [5.41, 5.74) is 7.96. The van der Waals surface area contributed by atoms with Gasteiger partial charge in [-0.15, -0.1) is 24.8 Å². The fourth-order valence-electron chi connectivity index (χ4n) is 2.17. The molecule has 0 saturated carbocycles. The summed E-state index contributed by atoms with van der Waals surface area (Å²) in [7, 11) is 0. The van der Waals surface area contributed by atoms with Crippen molar-refractivity contribution >= 4 is 42.1 Å². The lowest BCUT2D eigenvalue weighted by Gasteiger charge is -2.33. The van der Waals surface area contributed by atoms with Crippen LogP contribution < -0.4 is 11.1 Å². The topological polar surface area (TPSA) is 41.3 Å². The highest BCUT2D eigenvalue weighted by Gasteiger charge is 2.19. The number of anilines is 1. The molecule has 1 heterocycles. The first-order valence-electron chi connectivity index (χ1n) is 5.68. The van der Waals surface area contributed by atoms with Gasteiger partial charge in [0.25, 0.3) is 0 Å². The van der Waals surface area contributed by atoms with Crippen LogP contribution in [0.3, 0.4) is 0 Å². The molecule has 104 valence electrons. The Balaban J connectivity index is 0.00000144. The Hall–Kier alpha value is -0.190. The predicted octanol–water partition coefficient (Wildman–Crippen LogP) is 2.73. The normalized spacial score (nSPS) is 17.4. The van der Waals surface area contributed by atoms with Gasteiger partial charge in [0.1, 0.15) is 0 Å². The van der Waals surface area contributed by atoms with Crippen LogP contribution in [0, 0.1) is 0 Å². The van der Waals surface area contributed by atoms with Gasteiger partial charge in [0.2, 0.25) is 0 Å². The molecule has 0 radical (unpaired) electrons. The monoisotopic (exact) mass is 311 g/mol. The zero-order chi connectivity index (χ0) is 11.5. The van der Waals surface area contributed by atoms with E-state index in [9.17, 15) is 0 Å². The van der Waals surface area contributed by atoms with E-state index in [0.29, 0.717) is 6.04 Å². The summed E-state index contributed by atoms with van der Waals surface area (Å²) in [5, 5.41) is 4.10. The van der Waals surface area contributed by atoms with E-state index in [1.807, 2.05) is 18.2 Å². The standard InChI is InChI=1S/C12H18ClN3.2ClH/c1-9(16-6-4-15-5-7-16)11-8-10(13)2-3-12(11)14;;/h2-3,8-9,15H,4-7,14H2,1H3;2*1H/t9-;;/m1../s1. The second kappa shape index (κ2) is 8.08. The van der Waals surface area contributed by atoms with Gasteiger partial charge in [-0.25, -0.2) is 0 Å². The minimum atomic E-state index is 0. The number of halogens is 3. The molecule has 3 nitrogen and oxygen atoms in total. The van der Waals surface area contributed by atoms with Gasteiger partial charge in [-0.3, -0.25) is 4.90 Å². The zero-order valence-electron chi connectivity index (χ0n) is 10.4.